The molecule has 14 heavy (non-hydrogen) atoms. The number of aromatic hydroxyl groups is 1. The second-order valence-electron chi connectivity index (χ2n) is 3.14. The standard InChI is InChI=1S/C9H10ClF2NO/c1-5(9(11)12)2-8-7(10)3-6(14)4-13-8/h3-5,9,14H,2H2,1H3. The quantitative estimate of drug-likeness (QED) is 0.852. The largest absolute Gasteiger partial charge is 0.506 e. The molecule has 1 aromatic heterocycles. The first-order chi connectivity index (χ1) is 6.50. The van der Waals surface area contributed by atoms with Gasteiger partial charge in [-0.3, -0.25) is 4.98 Å². The zero-order chi connectivity index (χ0) is 10.7. The van der Waals surface area contributed by atoms with Crippen molar-refractivity contribution in [3.8, 4) is 5.75 Å². The zero-order valence-corrected chi connectivity index (χ0v) is 8.30. The van der Waals surface area contributed by atoms with Crippen molar-refractivity contribution >= 4 is 11.6 Å². The molecule has 0 spiro atoms. The highest BCUT2D eigenvalue weighted by Crippen LogP contribution is 2.23. The van der Waals surface area contributed by atoms with Gasteiger partial charge >= 0.3 is 0 Å². The Morgan fingerprint density at radius 2 is 2.21 bits per heavy atom. The molecule has 1 unspecified atom stereocenters. The minimum Gasteiger partial charge on any atom is -0.506 e. The Kier molecular flexibility index (Phi) is 3.63. The molecule has 0 aromatic carbocycles. The highest BCUT2D eigenvalue weighted by atomic mass is 35.5. The van der Waals surface area contributed by atoms with E-state index in [1.54, 1.807) is 0 Å². The first-order valence-corrected chi connectivity index (χ1v) is 4.50. The lowest BCUT2D eigenvalue weighted by molar-refractivity contribution is 0.0861. The number of alkyl halides is 2. The molecule has 5 heteroatoms. The van der Waals surface area contributed by atoms with E-state index in [4.69, 9.17) is 16.7 Å². The number of halogens is 3. The monoisotopic (exact) mass is 221 g/mol. The van der Waals surface area contributed by atoms with Crippen LogP contribution in [0.5, 0.6) is 5.75 Å². The molecule has 1 heterocycles. The third-order valence-corrected chi connectivity index (χ3v) is 2.18. The third kappa shape index (κ3) is 2.80. The smallest absolute Gasteiger partial charge is 0.241 e. The van der Waals surface area contributed by atoms with Crippen LogP contribution in [0, 0.1) is 5.92 Å². The molecule has 2 nitrogen and oxygen atoms in total. The summed E-state index contributed by atoms with van der Waals surface area (Å²) in [5.41, 5.74) is 0.386. The van der Waals surface area contributed by atoms with Crippen molar-refractivity contribution in [2.24, 2.45) is 5.92 Å². The van der Waals surface area contributed by atoms with Crippen molar-refractivity contribution in [2.45, 2.75) is 19.8 Å². The van der Waals surface area contributed by atoms with Crippen LogP contribution in [-0.2, 0) is 6.42 Å². The molecule has 1 rings (SSSR count). The summed E-state index contributed by atoms with van der Waals surface area (Å²) in [7, 11) is 0. The number of rotatable bonds is 3. The molecule has 0 aliphatic rings. The van der Waals surface area contributed by atoms with Crippen molar-refractivity contribution < 1.29 is 13.9 Å². The van der Waals surface area contributed by atoms with Gasteiger partial charge in [0.1, 0.15) is 5.75 Å². The number of hydrogen-bond donors (Lipinski definition) is 1. The molecular formula is C9H10ClF2NO. The van der Waals surface area contributed by atoms with E-state index in [9.17, 15) is 8.78 Å². The van der Waals surface area contributed by atoms with Gasteiger partial charge in [0.2, 0.25) is 6.43 Å². The van der Waals surface area contributed by atoms with Crippen LogP contribution in [0.3, 0.4) is 0 Å². The first-order valence-electron chi connectivity index (χ1n) is 4.12. The summed E-state index contributed by atoms with van der Waals surface area (Å²) in [4.78, 5) is 3.78. The number of hydrogen-bond acceptors (Lipinski definition) is 2. The van der Waals surface area contributed by atoms with E-state index in [1.165, 1.54) is 19.2 Å². The van der Waals surface area contributed by atoms with E-state index in [2.05, 4.69) is 4.98 Å². The van der Waals surface area contributed by atoms with Crippen molar-refractivity contribution in [3.63, 3.8) is 0 Å². The highest BCUT2D eigenvalue weighted by Gasteiger charge is 2.17. The second kappa shape index (κ2) is 4.55. The zero-order valence-electron chi connectivity index (χ0n) is 7.54. The Bertz CT molecular complexity index is 320. The van der Waals surface area contributed by atoms with Crippen LogP contribution < -0.4 is 0 Å². The van der Waals surface area contributed by atoms with Crippen LogP contribution in [-0.4, -0.2) is 16.5 Å². The lowest BCUT2D eigenvalue weighted by Gasteiger charge is -2.10. The summed E-state index contributed by atoms with van der Waals surface area (Å²) in [5.74, 6) is -0.854. The van der Waals surface area contributed by atoms with Crippen molar-refractivity contribution in [1.29, 1.82) is 0 Å². The second-order valence-corrected chi connectivity index (χ2v) is 3.55. The molecule has 0 aliphatic heterocycles. The van der Waals surface area contributed by atoms with Gasteiger partial charge in [0, 0.05) is 12.0 Å². The number of pyridine rings is 1. The summed E-state index contributed by atoms with van der Waals surface area (Å²) < 4.78 is 24.4. The Morgan fingerprint density at radius 3 is 2.71 bits per heavy atom. The van der Waals surface area contributed by atoms with Gasteiger partial charge in [-0.25, -0.2) is 8.78 Å². The van der Waals surface area contributed by atoms with Crippen molar-refractivity contribution in [1.82, 2.24) is 4.98 Å². The summed E-state index contributed by atoms with van der Waals surface area (Å²) in [6.45, 7) is 1.43. The fraction of sp³-hybridized carbons (Fsp3) is 0.444. The van der Waals surface area contributed by atoms with Gasteiger partial charge < -0.3 is 5.11 Å². The average molecular weight is 222 g/mol. The van der Waals surface area contributed by atoms with Gasteiger partial charge in [0.25, 0.3) is 0 Å². The summed E-state index contributed by atoms with van der Waals surface area (Å²) in [6.07, 6.45) is -1.09. The molecule has 0 saturated carbocycles. The molecule has 0 amide bonds. The summed E-state index contributed by atoms with van der Waals surface area (Å²) in [5, 5.41) is 9.21. The lowest BCUT2D eigenvalue weighted by Crippen LogP contribution is -2.11. The van der Waals surface area contributed by atoms with Crippen LogP contribution in [0.1, 0.15) is 12.6 Å². The number of nitrogens with zero attached hydrogens (tertiary/aromatic N) is 1. The van der Waals surface area contributed by atoms with Gasteiger partial charge in [-0.05, 0) is 6.42 Å². The van der Waals surface area contributed by atoms with E-state index >= 15 is 0 Å². The Balaban J connectivity index is 2.77. The topological polar surface area (TPSA) is 33.1 Å². The van der Waals surface area contributed by atoms with E-state index in [0.717, 1.165) is 0 Å². The Hall–Kier alpha value is -0.900. The molecule has 0 bridgehead atoms. The van der Waals surface area contributed by atoms with Gasteiger partial charge in [-0.2, -0.15) is 0 Å². The number of aromatic nitrogens is 1. The van der Waals surface area contributed by atoms with Crippen molar-refractivity contribution in [2.75, 3.05) is 0 Å². The minimum atomic E-state index is -2.39. The normalized spacial score (nSPS) is 13.2. The predicted octanol–water partition coefficient (Wildman–Crippen LogP) is 2.88. The molecule has 1 atom stereocenters. The van der Waals surface area contributed by atoms with Crippen molar-refractivity contribution in [3.05, 3.63) is 23.0 Å². The van der Waals surface area contributed by atoms with Crippen LogP contribution in [0.4, 0.5) is 8.78 Å². The molecular weight excluding hydrogens is 212 g/mol. The third-order valence-electron chi connectivity index (χ3n) is 1.85. The van der Waals surface area contributed by atoms with E-state index < -0.39 is 12.3 Å². The van der Waals surface area contributed by atoms with Gasteiger partial charge in [0.05, 0.1) is 16.9 Å². The SMILES string of the molecule is CC(Cc1ncc(O)cc1Cl)C(F)F. The maximum absolute atomic E-state index is 12.2. The van der Waals surface area contributed by atoms with Gasteiger partial charge in [-0.1, -0.05) is 18.5 Å². The molecule has 0 radical (unpaired) electrons. The molecule has 78 valence electrons. The van der Waals surface area contributed by atoms with E-state index in [1.807, 2.05) is 0 Å². The molecule has 0 fully saturated rings. The summed E-state index contributed by atoms with van der Waals surface area (Å²) >= 11 is 5.71. The van der Waals surface area contributed by atoms with Crippen LogP contribution in [0.15, 0.2) is 12.3 Å². The minimum absolute atomic E-state index is 0.0662. The van der Waals surface area contributed by atoms with Crippen LogP contribution in [0.2, 0.25) is 5.02 Å². The van der Waals surface area contributed by atoms with Crippen LogP contribution >= 0.6 is 11.6 Å². The highest BCUT2D eigenvalue weighted by molar-refractivity contribution is 6.31. The molecule has 1 N–H and O–H groups in total. The maximum atomic E-state index is 12.2. The van der Waals surface area contributed by atoms with E-state index in [0.29, 0.717) is 5.69 Å². The maximum Gasteiger partial charge on any atom is 0.241 e. The Morgan fingerprint density at radius 1 is 1.57 bits per heavy atom. The average Bonchev–Trinajstić information content (AvgIpc) is 2.09. The lowest BCUT2D eigenvalue weighted by atomic mass is 10.1. The molecule has 0 aliphatic carbocycles. The summed E-state index contributed by atoms with van der Waals surface area (Å²) in [6, 6.07) is 1.29. The molecule has 0 saturated heterocycles. The fourth-order valence-corrected chi connectivity index (χ4v) is 1.24. The predicted molar refractivity (Wildman–Crippen MR) is 49.8 cm³/mol. The first kappa shape index (κ1) is 11.2. The van der Waals surface area contributed by atoms with Gasteiger partial charge in [0.15, 0.2) is 0 Å². The molecule has 1 aromatic rings. The van der Waals surface area contributed by atoms with Gasteiger partial charge in [-0.15, -0.1) is 0 Å². The van der Waals surface area contributed by atoms with Crippen LogP contribution in [0.25, 0.3) is 0 Å². The van der Waals surface area contributed by atoms with E-state index in [-0.39, 0.29) is 17.2 Å². The Labute approximate surface area is 85.5 Å². The fourth-order valence-electron chi connectivity index (χ4n) is 1.00.